The van der Waals surface area contributed by atoms with Crippen molar-refractivity contribution < 1.29 is 14.3 Å². The van der Waals surface area contributed by atoms with Crippen molar-refractivity contribution in [2.45, 2.75) is 26.7 Å². The van der Waals surface area contributed by atoms with E-state index in [1.165, 1.54) is 0 Å². The van der Waals surface area contributed by atoms with E-state index in [2.05, 4.69) is 22.8 Å². The van der Waals surface area contributed by atoms with Gasteiger partial charge >= 0.3 is 0 Å². The molecule has 8 heteroatoms. The van der Waals surface area contributed by atoms with Crippen LogP contribution in [0.1, 0.15) is 41.3 Å². The number of aromatic nitrogens is 2. The zero-order valence-electron chi connectivity index (χ0n) is 21.6. The van der Waals surface area contributed by atoms with E-state index in [9.17, 15) is 9.59 Å². The molecule has 0 bridgehead atoms. The summed E-state index contributed by atoms with van der Waals surface area (Å²) in [6.45, 7) is 4.56. The molecule has 2 amide bonds. The number of nitrogens with one attached hydrogen (secondary N) is 2. The van der Waals surface area contributed by atoms with Gasteiger partial charge in [-0.2, -0.15) is 10.2 Å². The van der Waals surface area contributed by atoms with E-state index in [1.807, 2.05) is 67.7 Å². The van der Waals surface area contributed by atoms with Crippen LogP contribution in [0.3, 0.4) is 0 Å². The highest BCUT2D eigenvalue weighted by Crippen LogP contribution is 2.23. The molecule has 4 aromatic rings. The van der Waals surface area contributed by atoms with Crippen LogP contribution in [0.25, 0.3) is 16.9 Å². The summed E-state index contributed by atoms with van der Waals surface area (Å²) in [7, 11) is 0. The van der Waals surface area contributed by atoms with Crippen molar-refractivity contribution in [3.63, 3.8) is 0 Å². The molecule has 4 rings (SSSR count). The second-order valence-corrected chi connectivity index (χ2v) is 8.78. The van der Waals surface area contributed by atoms with Crippen molar-refractivity contribution >= 4 is 18.0 Å². The molecule has 0 radical (unpaired) electrons. The minimum absolute atomic E-state index is 0.209. The maximum Gasteiger partial charge on any atom is 0.259 e. The standard InChI is InChI=1S/C30H31N5O3/c1-3-4-18-38-27-16-14-24(15-17-27)30(37)31-20-28(36)33-32-19-25-21-35(26-8-6-5-7-9-26)34-29(25)23-12-10-22(2)11-13-23/h5-17,19,21H,3-4,18,20H2,1-2H3,(H,31,37)(H,33,36). The number of nitrogens with zero attached hydrogens (tertiary/aromatic N) is 3. The van der Waals surface area contributed by atoms with E-state index in [0.29, 0.717) is 17.9 Å². The minimum Gasteiger partial charge on any atom is -0.494 e. The summed E-state index contributed by atoms with van der Waals surface area (Å²) in [5.41, 5.74) is 7.39. The molecule has 8 nitrogen and oxygen atoms in total. The van der Waals surface area contributed by atoms with Gasteiger partial charge < -0.3 is 10.1 Å². The molecule has 0 fully saturated rings. The number of para-hydroxylation sites is 1. The quantitative estimate of drug-likeness (QED) is 0.171. The van der Waals surface area contributed by atoms with E-state index in [-0.39, 0.29) is 12.5 Å². The number of amides is 2. The average Bonchev–Trinajstić information content (AvgIpc) is 3.37. The predicted octanol–water partition coefficient (Wildman–Crippen LogP) is 4.91. The Morgan fingerprint density at radius 2 is 1.74 bits per heavy atom. The first kappa shape index (κ1) is 26.3. The lowest BCUT2D eigenvalue weighted by Gasteiger charge is -2.07. The SMILES string of the molecule is CCCCOc1ccc(C(=O)NCC(=O)NN=Cc2cn(-c3ccccc3)nc2-c2ccc(C)cc2)cc1. The number of hydrogen-bond donors (Lipinski definition) is 2. The van der Waals surface area contributed by atoms with Gasteiger partial charge in [0.15, 0.2) is 0 Å². The van der Waals surface area contributed by atoms with E-state index < -0.39 is 5.91 Å². The molecule has 2 N–H and O–H groups in total. The first-order valence-corrected chi connectivity index (χ1v) is 12.6. The van der Waals surface area contributed by atoms with Gasteiger partial charge in [0.25, 0.3) is 11.8 Å². The van der Waals surface area contributed by atoms with Gasteiger partial charge in [-0.3, -0.25) is 9.59 Å². The molecule has 194 valence electrons. The second-order valence-electron chi connectivity index (χ2n) is 8.78. The van der Waals surface area contributed by atoms with Crippen molar-refractivity contribution in [1.29, 1.82) is 0 Å². The van der Waals surface area contributed by atoms with Crippen LogP contribution in [-0.4, -0.2) is 41.0 Å². The highest BCUT2D eigenvalue weighted by Gasteiger charge is 2.12. The van der Waals surface area contributed by atoms with Crippen LogP contribution in [0.2, 0.25) is 0 Å². The molecule has 0 saturated heterocycles. The summed E-state index contributed by atoms with van der Waals surface area (Å²) < 4.78 is 7.39. The number of ether oxygens (including phenoxy) is 1. The maximum absolute atomic E-state index is 12.4. The van der Waals surface area contributed by atoms with Gasteiger partial charge in [0.2, 0.25) is 0 Å². The molecule has 0 aliphatic rings. The Balaban J connectivity index is 1.36. The molecule has 0 saturated carbocycles. The van der Waals surface area contributed by atoms with Crippen LogP contribution >= 0.6 is 0 Å². The Labute approximate surface area is 222 Å². The van der Waals surface area contributed by atoms with Crippen LogP contribution < -0.4 is 15.5 Å². The van der Waals surface area contributed by atoms with Crippen LogP contribution in [0.5, 0.6) is 5.75 Å². The summed E-state index contributed by atoms with van der Waals surface area (Å²) in [5.74, 6) is -0.0841. The molecule has 3 aromatic carbocycles. The molecule has 0 spiro atoms. The van der Waals surface area contributed by atoms with Crippen molar-refractivity contribution in [1.82, 2.24) is 20.5 Å². The largest absolute Gasteiger partial charge is 0.494 e. The number of carbonyl (C=O) groups excluding carboxylic acids is 2. The molecule has 38 heavy (non-hydrogen) atoms. The smallest absolute Gasteiger partial charge is 0.259 e. The van der Waals surface area contributed by atoms with Gasteiger partial charge in [-0.15, -0.1) is 0 Å². The number of carbonyl (C=O) groups is 2. The van der Waals surface area contributed by atoms with Gasteiger partial charge in [-0.1, -0.05) is 61.4 Å². The highest BCUT2D eigenvalue weighted by molar-refractivity contribution is 5.96. The van der Waals surface area contributed by atoms with Crippen LogP contribution in [-0.2, 0) is 4.79 Å². The van der Waals surface area contributed by atoms with Gasteiger partial charge in [-0.05, 0) is 49.7 Å². The summed E-state index contributed by atoms with van der Waals surface area (Å²) >= 11 is 0. The number of unbranched alkanes of at least 4 members (excludes halogenated alkanes) is 1. The predicted molar refractivity (Wildman–Crippen MR) is 149 cm³/mol. The molecule has 1 aromatic heterocycles. The fraction of sp³-hybridized carbons (Fsp3) is 0.200. The fourth-order valence-corrected chi connectivity index (χ4v) is 3.64. The molecule has 1 heterocycles. The summed E-state index contributed by atoms with van der Waals surface area (Å²) in [4.78, 5) is 24.7. The number of aryl methyl sites for hydroxylation is 1. The van der Waals surface area contributed by atoms with E-state index >= 15 is 0 Å². The summed E-state index contributed by atoms with van der Waals surface area (Å²) in [6, 6.07) is 24.6. The minimum atomic E-state index is -0.443. The summed E-state index contributed by atoms with van der Waals surface area (Å²) in [6.07, 6.45) is 5.44. The molecule has 0 aliphatic carbocycles. The van der Waals surface area contributed by atoms with E-state index in [0.717, 1.165) is 40.9 Å². The van der Waals surface area contributed by atoms with Gasteiger partial charge in [-0.25, -0.2) is 10.1 Å². The van der Waals surface area contributed by atoms with E-state index in [1.54, 1.807) is 35.2 Å². The Morgan fingerprint density at radius 1 is 1.00 bits per heavy atom. The topological polar surface area (TPSA) is 97.6 Å². The zero-order valence-corrected chi connectivity index (χ0v) is 21.6. The Bertz CT molecular complexity index is 1380. The lowest BCUT2D eigenvalue weighted by Crippen LogP contribution is -2.34. The van der Waals surface area contributed by atoms with Crippen molar-refractivity contribution in [2.24, 2.45) is 5.10 Å². The number of hydrogen-bond acceptors (Lipinski definition) is 5. The van der Waals surface area contributed by atoms with Gasteiger partial charge in [0.05, 0.1) is 25.1 Å². The van der Waals surface area contributed by atoms with Gasteiger partial charge in [0, 0.05) is 22.9 Å². The lowest BCUT2D eigenvalue weighted by molar-refractivity contribution is -0.120. The lowest BCUT2D eigenvalue weighted by atomic mass is 10.1. The second kappa shape index (κ2) is 13.0. The normalized spacial score (nSPS) is 10.9. The highest BCUT2D eigenvalue weighted by atomic mass is 16.5. The van der Waals surface area contributed by atoms with Crippen molar-refractivity contribution in [2.75, 3.05) is 13.2 Å². The summed E-state index contributed by atoms with van der Waals surface area (Å²) in [5, 5.41) is 11.5. The first-order valence-electron chi connectivity index (χ1n) is 12.6. The third-order valence-corrected chi connectivity index (χ3v) is 5.77. The molecule has 0 unspecified atom stereocenters. The third-order valence-electron chi connectivity index (χ3n) is 5.77. The number of benzene rings is 3. The van der Waals surface area contributed by atoms with Crippen LogP contribution in [0.15, 0.2) is 90.2 Å². The fourth-order valence-electron chi connectivity index (χ4n) is 3.64. The van der Waals surface area contributed by atoms with Crippen LogP contribution in [0, 0.1) is 6.92 Å². The Kier molecular flexibility index (Phi) is 9.02. The molecular weight excluding hydrogens is 478 g/mol. The Hall–Kier alpha value is -4.72. The van der Waals surface area contributed by atoms with Crippen molar-refractivity contribution in [3.8, 4) is 22.7 Å². The molecular formula is C30H31N5O3. The van der Waals surface area contributed by atoms with Crippen LogP contribution in [0.4, 0.5) is 0 Å². The Morgan fingerprint density at radius 3 is 2.45 bits per heavy atom. The van der Waals surface area contributed by atoms with E-state index in [4.69, 9.17) is 9.84 Å². The number of rotatable bonds is 11. The molecule has 0 aliphatic heterocycles. The monoisotopic (exact) mass is 509 g/mol. The van der Waals surface area contributed by atoms with Crippen molar-refractivity contribution in [3.05, 3.63) is 102 Å². The molecule has 0 atom stereocenters. The average molecular weight is 510 g/mol. The number of hydrazone groups is 1. The van der Waals surface area contributed by atoms with Gasteiger partial charge in [0.1, 0.15) is 11.4 Å². The zero-order chi connectivity index (χ0) is 26.7. The maximum atomic E-state index is 12.4. The third kappa shape index (κ3) is 7.16. The first-order chi connectivity index (χ1) is 18.5.